The van der Waals surface area contributed by atoms with Gasteiger partial charge in [-0.2, -0.15) is 10.2 Å². The van der Waals surface area contributed by atoms with E-state index >= 15 is 0 Å². The molecule has 0 saturated carbocycles. The van der Waals surface area contributed by atoms with Crippen LogP contribution in [0.1, 0.15) is 42.2 Å². The molecule has 0 aliphatic heterocycles. The first-order chi connectivity index (χ1) is 9.60. The van der Waals surface area contributed by atoms with Crippen molar-refractivity contribution in [3.05, 3.63) is 34.4 Å². The van der Waals surface area contributed by atoms with Crippen LogP contribution < -0.4 is 5.73 Å². The number of hydrogen-bond acceptors (Lipinski definition) is 3. The zero-order valence-corrected chi connectivity index (χ0v) is 13.0. The van der Waals surface area contributed by atoms with Crippen molar-refractivity contribution in [2.45, 2.75) is 53.6 Å². The zero-order chi connectivity index (χ0) is 14.7. The van der Waals surface area contributed by atoms with Crippen molar-refractivity contribution in [1.29, 1.82) is 0 Å². The lowest BCUT2D eigenvalue weighted by Crippen LogP contribution is -2.11. The molecule has 0 amide bonds. The van der Waals surface area contributed by atoms with Crippen molar-refractivity contribution in [1.82, 2.24) is 19.6 Å². The lowest BCUT2D eigenvalue weighted by atomic mass is 10.1. The molecule has 0 bridgehead atoms. The molecule has 110 valence electrons. The maximum atomic E-state index is 5.68. The summed E-state index contributed by atoms with van der Waals surface area (Å²) in [5.41, 5.74) is 11.6. The Kier molecular flexibility index (Phi) is 4.60. The molecule has 0 aliphatic rings. The van der Waals surface area contributed by atoms with Crippen LogP contribution in [0.5, 0.6) is 0 Å². The number of aromatic nitrogens is 4. The smallest absolute Gasteiger partial charge is 0.0831 e. The number of nitrogens with zero attached hydrogens (tertiary/aromatic N) is 4. The van der Waals surface area contributed by atoms with Gasteiger partial charge in [0.05, 0.1) is 23.6 Å². The molecule has 0 unspecified atom stereocenters. The van der Waals surface area contributed by atoms with Crippen LogP contribution in [-0.2, 0) is 25.9 Å². The maximum Gasteiger partial charge on any atom is 0.0831 e. The Hall–Kier alpha value is -1.62. The Morgan fingerprint density at radius 3 is 2.50 bits per heavy atom. The van der Waals surface area contributed by atoms with Crippen molar-refractivity contribution in [3.63, 3.8) is 0 Å². The monoisotopic (exact) mass is 275 g/mol. The third-order valence-electron chi connectivity index (χ3n) is 3.81. The van der Waals surface area contributed by atoms with Gasteiger partial charge in [0.25, 0.3) is 0 Å². The van der Waals surface area contributed by atoms with E-state index < -0.39 is 0 Å². The van der Waals surface area contributed by atoms with E-state index in [-0.39, 0.29) is 0 Å². The summed E-state index contributed by atoms with van der Waals surface area (Å²) < 4.78 is 4.14. The third-order valence-corrected chi connectivity index (χ3v) is 3.81. The van der Waals surface area contributed by atoms with Gasteiger partial charge in [0.2, 0.25) is 0 Å². The number of aryl methyl sites for hydroxylation is 3. The minimum Gasteiger partial charge on any atom is -0.330 e. The Morgan fingerprint density at radius 1 is 1.15 bits per heavy atom. The number of hydrogen-bond donors (Lipinski definition) is 1. The van der Waals surface area contributed by atoms with Gasteiger partial charge in [0, 0.05) is 12.2 Å². The lowest BCUT2D eigenvalue weighted by molar-refractivity contribution is 0.565. The fourth-order valence-corrected chi connectivity index (χ4v) is 2.64. The molecule has 2 aromatic rings. The van der Waals surface area contributed by atoms with Gasteiger partial charge < -0.3 is 5.73 Å². The Labute approximate surface area is 120 Å². The van der Waals surface area contributed by atoms with Gasteiger partial charge in [-0.1, -0.05) is 6.92 Å². The van der Waals surface area contributed by atoms with Gasteiger partial charge in [-0.05, 0) is 51.8 Å². The minimum atomic E-state index is 0.667. The first-order valence-electron chi connectivity index (χ1n) is 7.39. The summed E-state index contributed by atoms with van der Waals surface area (Å²) in [6, 6.07) is 2.18. The Bertz CT molecular complexity index is 579. The summed E-state index contributed by atoms with van der Waals surface area (Å²) >= 11 is 0. The van der Waals surface area contributed by atoms with Crippen molar-refractivity contribution < 1.29 is 0 Å². The molecule has 2 heterocycles. The highest BCUT2D eigenvalue weighted by Gasteiger charge is 2.13. The molecule has 2 aromatic heterocycles. The van der Waals surface area contributed by atoms with Gasteiger partial charge in [0.15, 0.2) is 0 Å². The van der Waals surface area contributed by atoms with Gasteiger partial charge in [-0.15, -0.1) is 0 Å². The van der Waals surface area contributed by atoms with Crippen LogP contribution in [0.3, 0.4) is 0 Å². The van der Waals surface area contributed by atoms with Crippen LogP contribution >= 0.6 is 0 Å². The molecule has 0 aromatic carbocycles. The zero-order valence-electron chi connectivity index (χ0n) is 13.0. The highest BCUT2D eigenvalue weighted by molar-refractivity contribution is 5.25. The highest BCUT2D eigenvalue weighted by atomic mass is 15.3. The molecule has 0 spiro atoms. The maximum absolute atomic E-state index is 5.68. The second kappa shape index (κ2) is 6.22. The molecule has 2 N–H and O–H groups in total. The van der Waals surface area contributed by atoms with Gasteiger partial charge in [-0.25, -0.2) is 0 Å². The number of nitrogens with two attached hydrogens (primary N) is 1. The van der Waals surface area contributed by atoms with Gasteiger partial charge >= 0.3 is 0 Å². The van der Waals surface area contributed by atoms with Crippen molar-refractivity contribution >= 4 is 0 Å². The fourth-order valence-electron chi connectivity index (χ4n) is 2.64. The molecule has 0 atom stereocenters. The van der Waals surface area contributed by atoms with Gasteiger partial charge in [0.1, 0.15) is 0 Å². The lowest BCUT2D eigenvalue weighted by Gasteiger charge is -2.07. The first-order valence-corrected chi connectivity index (χ1v) is 7.39. The minimum absolute atomic E-state index is 0.667. The van der Waals surface area contributed by atoms with E-state index in [4.69, 9.17) is 5.73 Å². The second-order valence-corrected chi connectivity index (χ2v) is 5.14. The summed E-state index contributed by atoms with van der Waals surface area (Å²) in [6.07, 6.45) is 1.86. The molecule has 2 rings (SSSR count). The SMILES string of the molecule is CCc1cc(Cn2nc(C)c(CCN)c2C)n(CC)n1. The fraction of sp³-hybridized carbons (Fsp3) is 0.600. The van der Waals surface area contributed by atoms with E-state index in [1.54, 1.807) is 0 Å². The predicted molar refractivity (Wildman–Crippen MR) is 80.8 cm³/mol. The van der Waals surface area contributed by atoms with E-state index in [0.29, 0.717) is 6.54 Å². The number of rotatable bonds is 6. The quantitative estimate of drug-likeness (QED) is 0.875. The van der Waals surface area contributed by atoms with E-state index in [1.165, 1.54) is 17.0 Å². The van der Waals surface area contributed by atoms with E-state index in [9.17, 15) is 0 Å². The largest absolute Gasteiger partial charge is 0.330 e. The first kappa shape index (κ1) is 14.8. The topological polar surface area (TPSA) is 61.7 Å². The molecule has 0 aliphatic carbocycles. The molecule has 5 heteroatoms. The molecular weight excluding hydrogens is 250 g/mol. The van der Waals surface area contributed by atoms with E-state index in [2.05, 4.69) is 53.3 Å². The van der Waals surface area contributed by atoms with Crippen LogP contribution in [0, 0.1) is 13.8 Å². The molecule has 5 nitrogen and oxygen atoms in total. The molecule has 0 saturated heterocycles. The molecular formula is C15H25N5. The molecule has 0 radical (unpaired) electrons. The predicted octanol–water partition coefficient (Wildman–Crippen LogP) is 1.83. The van der Waals surface area contributed by atoms with Gasteiger partial charge in [-0.3, -0.25) is 9.36 Å². The van der Waals surface area contributed by atoms with Crippen molar-refractivity contribution in [3.8, 4) is 0 Å². The average molecular weight is 275 g/mol. The van der Waals surface area contributed by atoms with Crippen molar-refractivity contribution in [2.75, 3.05) is 6.54 Å². The summed E-state index contributed by atoms with van der Waals surface area (Å²) in [5.74, 6) is 0. The van der Waals surface area contributed by atoms with Crippen LogP contribution in [0.4, 0.5) is 0 Å². The van der Waals surface area contributed by atoms with E-state index in [1.807, 2.05) is 0 Å². The highest BCUT2D eigenvalue weighted by Crippen LogP contribution is 2.16. The summed E-state index contributed by atoms with van der Waals surface area (Å²) in [5, 5.41) is 9.25. The molecule has 0 fully saturated rings. The van der Waals surface area contributed by atoms with E-state index in [0.717, 1.165) is 37.3 Å². The van der Waals surface area contributed by atoms with Crippen LogP contribution in [0.2, 0.25) is 0 Å². The summed E-state index contributed by atoms with van der Waals surface area (Å²) in [7, 11) is 0. The Morgan fingerprint density at radius 2 is 1.90 bits per heavy atom. The summed E-state index contributed by atoms with van der Waals surface area (Å²) in [6.45, 7) is 10.8. The standard InChI is InChI=1S/C15H25N5/c1-5-13-9-14(19(6-2)18-13)10-20-12(4)15(7-8-16)11(3)17-20/h9H,5-8,10,16H2,1-4H3. The summed E-state index contributed by atoms with van der Waals surface area (Å²) in [4.78, 5) is 0. The van der Waals surface area contributed by atoms with Crippen molar-refractivity contribution in [2.24, 2.45) is 5.73 Å². The average Bonchev–Trinajstić information content (AvgIpc) is 2.95. The molecule has 20 heavy (non-hydrogen) atoms. The van der Waals surface area contributed by atoms with Crippen LogP contribution in [-0.4, -0.2) is 26.1 Å². The second-order valence-electron chi connectivity index (χ2n) is 5.14. The Balaban J connectivity index is 2.30. The van der Waals surface area contributed by atoms with Crippen LogP contribution in [0.15, 0.2) is 6.07 Å². The third kappa shape index (κ3) is 2.77. The normalized spacial score (nSPS) is 11.2. The van der Waals surface area contributed by atoms with Crippen LogP contribution in [0.25, 0.3) is 0 Å².